The van der Waals surface area contributed by atoms with Gasteiger partial charge in [-0.25, -0.2) is 4.21 Å². The molecule has 2 rings (SSSR count). The van der Waals surface area contributed by atoms with Crippen LogP contribution in [0.2, 0.25) is 5.02 Å². The van der Waals surface area contributed by atoms with Gasteiger partial charge in [-0.2, -0.15) is 5.10 Å². The van der Waals surface area contributed by atoms with Gasteiger partial charge in [0.05, 0.1) is 33.6 Å². The van der Waals surface area contributed by atoms with E-state index in [0.29, 0.717) is 18.1 Å². The standard InChI is InChI=1S/C13H16ClN3OS/c1-9-13(10(2)17(16-9)8-7-15)19(18)12-5-3-11(14)4-6-12/h3-6H,7-8,15H2,1-2H3. The maximum atomic E-state index is 12.6. The first kappa shape index (κ1) is 14.2. The van der Waals surface area contributed by atoms with E-state index in [-0.39, 0.29) is 0 Å². The van der Waals surface area contributed by atoms with Crippen LogP contribution in [0.4, 0.5) is 0 Å². The first-order valence-corrected chi connectivity index (χ1v) is 7.48. The molecule has 0 saturated carbocycles. The molecule has 1 heterocycles. The first-order valence-electron chi connectivity index (χ1n) is 5.96. The zero-order valence-electron chi connectivity index (χ0n) is 10.9. The van der Waals surface area contributed by atoms with Crippen molar-refractivity contribution in [2.75, 3.05) is 6.54 Å². The van der Waals surface area contributed by atoms with E-state index in [1.54, 1.807) is 28.9 Å². The predicted octanol–water partition coefficient (Wildman–Crippen LogP) is 2.28. The molecule has 0 aliphatic rings. The van der Waals surface area contributed by atoms with Crippen LogP contribution in [0.1, 0.15) is 11.4 Å². The van der Waals surface area contributed by atoms with E-state index in [9.17, 15) is 4.21 Å². The second-order valence-corrected chi connectivity index (χ2v) is 6.09. The molecule has 1 aromatic heterocycles. The number of rotatable bonds is 4. The summed E-state index contributed by atoms with van der Waals surface area (Å²) in [4.78, 5) is 1.48. The van der Waals surface area contributed by atoms with Gasteiger partial charge in [-0.15, -0.1) is 0 Å². The van der Waals surface area contributed by atoms with E-state index in [0.717, 1.165) is 21.2 Å². The summed E-state index contributed by atoms with van der Waals surface area (Å²) < 4.78 is 14.4. The van der Waals surface area contributed by atoms with Crippen molar-refractivity contribution in [3.63, 3.8) is 0 Å². The maximum Gasteiger partial charge on any atom is 0.0887 e. The van der Waals surface area contributed by atoms with Crippen LogP contribution in [-0.4, -0.2) is 20.5 Å². The molecule has 1 atom stereocenters. The molecule has 4 nitrogen and oxygen atoms in total. The number of hydrogen-bond donors (Lipinski definition) is 1. The molecule has 0 aliphatic heterocycles. The number of aryl methyl sites for hydroxylation is 1. The van der Waals surface area contributed by atoms with Gasteiger partial charge in [-0.3, -0.25) is 4.68 Å². The van der Waals surface area contributed by atoms with Gasteiger partial charge in [0.1, 0.15) is 0 Å². The van der Waals surface area contributed by atoms with Gasteiger partial charge in [0.15, 0.2) is 0 Å². The molecule has 6 heteroatoms. The van der Waals surface area contributed by atoms with Crippen LogP contribution in [0.3, 0.4) is 0 Å². The van der Waals surface area contributed by atoms with Gasteiger partial charge in [-0.1, -0.05) is 11.6 Å². The van der Waals surface area contributed by atoms with E-state index in [2.05, 4.69) is 5.10 Å². The van der Waals surface area contributed by atoms with Crippen LogP contribution in [0, 0.1) is 13.8 Å². The minimum Gasteiger partial charge on any atom is -0.329 e. The molecule has 2 N–H and O–H groups in total. The molecule has 102 valence electrons. The van der Waals surface area contributed by atoms with Crippen LogP contribution in [0.25, 0.3) is 0 Å². The second-order valence-electron chi connectivity index (χ2n) is 4.23. The van der Waals surface area contributed by atoms with Crippen LogP contribution in [-0.2, 0) is 17.3 Å². The fourth-order valence-electron chi connectivity index (χ4n) is 1.96. The van der Waals surface area contributed by atoms with Crippen molar-refractivity contribution in [1.82, 2.24) is 9.78 Å². The van der Waals surface area contributed by atoms with E-state index < -0.39 is 10.8 Å². The Morgan fingerprint density at radius 1 is 1.32 bits per heavy atom. The Morgan fingerprint density at radius 3 is 2.53 bits per heavy atom. The topological polar surface area (TPSA) is 60.9 Å². The Kier molecular flexibility index (Phi) is 4.39. The van der Waals surface area contributed by atoms with Crippen LogP contribution in [0.15, 0.2) is 34.1 Å². The van der Waals surface area contributed by atoms with E-state index >= 15 is 0 Å². The summed E-state index contributed by atoms with van der Waals surface area (Å²) in [7, 11) is -1.24. The maximum absolute atomic E-state index is 12.6. The first-order chi connectivity index (χ1) is 9.04. The monoisotopic (exact) mass is 297 g/mol. The molecule has 1 unspecified atom stereocenters. The summed E-state index contributed by atoms with van der Waals surface area (Å²) in [5, 5.41) is 5.01. The lowest BCUT2D eigenvalue weighted by Crippen LogP contribution is -2.12. The zero-order valence-corrected chi connectivity index (χ0v) is 12.5. The Hall–Kier alpha value is -1.17. The third-order valence-corrected chi connectivity index (χ3v) is 4.78. The molecular formula is C13H16ClN3OS. The number of hydrogen-bond acceptors (Lipinski definition) is 3. The molecule has 2 aromatic rings. The highest BCUT2D eigenvalue weighted by Crippen LogP contribution is 2.24. The molecule has 0 spiro atoms. The highest BCUT2D eigenvalue weighted by molar-refractivity contribution is 7.85. The van der Waals surface area contributed by atoms with Crippen molar-refractivity contribution in [2.24, 2.45) is 5.73 Å². The van der Waals surface area contributed by atoms with Gasteiger partial charge in [0.25, 0.3) is 0 Å². The van der Waals surface area contributed by atoms with Crippen LogP contribution in [0.5, 0.6) is 0 Å². The Bertz CT molecular complexity index is 607. The smallest absolute Gasteiger partial charge is 0.0887 e. The molecule has 0 radical (unpaired) electrons. The molecule has 0 aliphatic carbocycles. The number of nitrogens with two attached hydrogens (primary N) is 1. The van der Waals surface area contributed by atoms with Gasteiger partial charge < -0.3 is 5.73 Å². The lowest BCUT2D eigenvalue weighted by Gasteiger charge is -2.04. The highest BCUT2D eigenvalue weighted by atomic mass is 35.5. The molecule has 0 fully saturated rings. The minimum absolute atomic E-state index is 0.509. The SMILES string of the molecule is Cc1nn(CCN)c(C)c1S(=O)c1ccc(Cl)cc1. The van der Waals surface area contributed by atoms with Crippen molar-refractivity contribution >= 4 is 22.4 Å². The summed E-state index contributed by atoms with van der Waals surface area (Å²) >= 11 is 5.84. The number of aromatic nitrogens is 2. The summed E-state index contributed by atoms with van der Waals surface area (Å²) in [6.45, 7) is 4.92. The Labute approximate surface area is 120 Å². The molecule has 1 aromatic carbocycles. The van der Waals surface area contributed by atoms with E-state index in [1.165, 1.54) is 0 Å². The van der Waals surface area contributed by atoms with Crippen LogP contribution >= 0.6 is 11.6 Å². The summed E-state index contributed by atoms with van der Waals surface area (Å²) in [6.07, 6.45) is 0. The van der Waals surface area contributed by atoms with Gasteiger partial charge in [-0.05, 0) is 38.1 Å². The summed E-state index contributed by atoms with van der Waals surface area (Å²) in [6, 6.07) is 7.03. The second kappa shape index (κ2) is 5.86. The average Bonchev–Trinajstić information content (AvgIpc) is 2.65. The van der Waals surface area contributed by atoms with Crippen molar-refractivity contribution in [2.45, 2.75) is 30.2 Å². The largest absolute Gasteiger partial charge is 0.329 e. The predicted molar refractivity (Wildman–Crippen MR) is 76.9 cm³/mol. The molecular weight excluding hydrogens is 282 g/mol. The fourth-order valence-corrected chi connectivity index (χ4v) is 3.39. The van der Waals surface area contributed by atoms with E-state index in [1.807, 2.05) is 13.8 Å². The van der Waals surface area contributed by atoms with E-state index in [4.69, 9.17) is 17.3 Å². The third kappa shape index (κ3) is 2.88. The molecule has 0 bridgehead atoms. The van der Waals surface area contributed by atoms with Crippen molar-refractivity contribution in [3.05, 3.63) is 40.7 Å². The number of halogens is 1. The molecule has 19 heavy (non-hydrogen) atoms. The quantitative estimate of drug-likeness (QED) is 0.942. The highest BCUT2D eigenvalue weighted by Gasteiger charge is 2.18. The fraction of sp³-hybridized carbons (Fsp3) is 0.308. The van der Waals surface area contributed by atoms with Crippen molar-refractivity contribution in [1.29, 1.82) is 0 Å². The lowest BCUT2D eigenvalue weighted by atomic mass is 10.4. The Balaban J connectivity index is 2.41. The summed E-state index contributed by atoms with van der Waals surface area (Å²) in [5.74, 6) is 0. The number of nitrogens with zero attached hydrogens (tertiary/aromatic N) is 2. The van der Waals surface area contributed by atoms with Crippen LogP contribution < -0.4 is 5.73 Å². The minimum atomic E-state index is -1.24. The zero-order chi connectivity index (χ0) is 14.0. The molecule has 0 saturated heterocycles. The Morgan fingerprint density at radius 2 is 1.95 bits per heavy atom. The van der Waals surface area contributed by atoms with Crippen molar-refractivity contribution < 1.29 is 4.21 Å². The van der Waals surface area contributed by atoms with Crippen molar-refractivity contribution in [3.8, 4) is 0 Å². The normalized spacial score (nSPS) is 12.6. The number of benzene rings is 1. The molecule has 0 amide bonds. The lowest BCUT2D eigenvalue weighted by molar-refractivity contribution is 0.602. The summed E-state index contributed by atoms with van der Waals surface area (Å²) in [5.41, 5.74) is 7.22. The van der Waals surface area contributed by atoms with Gasteiger partial charge in [0, 0.05) is 16.5 Å². The van der Waals surface area contributed by atoms with Gasteiger partial charge >= 0.3 is 0 Å². The van der Waals surface area contributed by atoms with Gasteiger partial charge in [0.2, 0.25) is 0 Å². The average molecular weight is 298 g/mol. The third-order valence-electron chi connectivity index (χ3n) is 2.87.